The van der Waals surface area contributed by atoms with Gasteiger partial charge in [0, 0.05) is 0 Å². The lowest BCUT2D eigenvalue weighted by Crippen LogP contribution is -1.99. The van der Waals surface area contributed by atoms with Gasteiger partial charge in [-0.25, -0.2) is 4.39 Å². The van der Waals surface area contributed by atoms with Crippen LogP contribution in [0.2, 0.25) is 0 Å². The number of benzene rings is 1. The van der Waals surface area contributed by atoms with E-state index in [1.807, 2.05) is 0 Å². The second kappa shape index (κ2) is 9.93. The summed E-state index contributed by atoms with van der Waals surface area (Å²) in [7, 11) is 0. The molecule has 1 aromatic rings. The van der Waals surface area contributed by atoms with Crippen LogP contribution < -0.4 is 4.74 Å². The van der Waals surface area contributed by atoms with E-state index in [0.29, 0.717) is 12.4 Å². The van der Waals surface area contributed by atoms with Crippen LogP contribution in [0.3, 0.4) is 0 Å². The monoisotopic (exact) mass is 251 g/mol. The Bertz CT molecular complexity index is 312. The Hall–Kier alpha value is -1.05. The molecule has 0 heterocycles. The highest BCUT2D eigenvalue weighted by Crippen LogP contribution is 2.15. The minimum Gasteiger partial charge on any atom is -0.491 e. The van der Waals surface area contributed by atoms with Crippen molar-refractivity contribution in [2.45, 2.75) is 58.3 Å². The molecule has 0 atom stereocenters. The average Bonchev–Trinajstić information content (AvgIpc) is 2.39. The van der Waals surface area contributed by atoms with E-state index >= 15 is 0 Å². The second-order valence-corrected chi connectivity index (χ2v) is 4.68. The highest BCUT2D eigenvalue weighted by Gasteiger charge is 2.00. The van der Waals surface area contributed by atoms with Crippen molar-refractivity contribution in [1.82, 2.24) is 0 Å². The molecular formula is C16H24FO. The molecule has 1 aromatic carbocycles. The average molecular weight is 251 g/mol. The molecule has 0 aliphatic carbocycles. The van der Waals surface area contributed by atoms with Gasteiger partial charge in [0.25, 0.3) is 0 Å². The molecule has 0 saturated heterocycles. The van der Waals surface area contributed by atoms with Crippen LogP contribution in [0.15, 0.2) is 18.2 Å². The molecule has 0 spiro atoms. The summed E-state index contributed by atoms with van der Waals surface area (Å²) in [6.45, 7) is 2.84. The van der Waals surface area contributed by atoms with Crippen LogP contribution in [0.4, 0.5) is 4.39 Å². The largest absolute Gasteiger partial charge is 0.491 e. The van der Waals surface area contributed by atoms with E-state index in [9.17, 15) is 4.39 Å². The van der Waals surface area contributed by atoms with Gasteiger partial charge in [0.05, 0.1) is 6.61 Å². The number of ether oxygens (including phenoxy) is 1. The molecule has 2 heteroatoms. The van der Waals surface area contributed by atoms with Gasteiger partial charge in [-0.2, -0.15) is 0 Å². The standard InChI is InChI=1S/C16H24FO/c1-2-3-4-5-6-7-8-11-14-18-16-13-10-9-12-15(16)17/h10,12-13H,2-8,11,14H2,1H3. The zero-order valence-electron chi connectivity index (χ0n) is 11.4. The predicted molar refractivity (Wildman–Crippen MR) is 73.3 cm³/mol. The third kappa shape index (κ3) is 6.63. The fraction of sp³-hybridized carbons (Fsp3) is 0.625. The maximum absolute atomic E-state index is 13.2. The van der Waals surface area contributed by atoms with Crippen molar-refractivity contribution in [3.8, 4) is 5.75 Å². The van der Waals surface area contributed by atoms with Crippen LogP contribution in [-0.2, 0) is 0 Å². The van der Waals surface area contributed by atoms with Crippen molar-refractivity contribution >= 4 is 0 Å². The first kappa shape index (κ1) is 15.0. The molecule has 1 rings (SSSR count). The summed E-state index contributed by atoms with van der Waals surface area (Å²) in [5.74, 6) is 0.0220. The molecule has 0 aromatic heterocycles. The van der Waals surface area contributed by atoms with Crippen LogP contribution in [-0.4, -0.2) is 6.61 Å². The summed E-state index contributed by atoms with van der Waals surface area (Å²) in [6.07, 6.45) is 10.1. The number of rotatable bonds is 10. The molecule has 1 radical (unpaired) electrons. The van der Waals surface area contributed by atoms with Gasteiger partial charge in [-0.05, 0) is 24.6 Å². The van der Waals surface area contributed by atoms with Crippen molar-refractivity contribution in [2.75, 3.05) is 6.61 Å². The molecule has 0 aliphatic heterocycles. The Morgan fingerprint density at radius 2 is 1.72 bits per heavy atom. The Morgan fingerprint density at radius 1 is 1.06 bits per heavy atom. The summed E-state index contributed by atoms with van der Waals surface area (Å²) in [5.41, 5.74) is 0. The summed E-state index contributed by atoms with van der Waals surface area (Å²) < 4.78 is 18.6. The number of unbranched alkanes of at least 4 members (excludes halogenated alkanes) is 7. The quantitative estimate of drug-likeness (QED) is 0.523. The SMILES string of the molecule is CCCCCCCCCCOc1cc[c]cc1F. The number of halogens is 1. The molecule has 18 heavy (non-hydrogen) atoms. The first-order chi connectivity index (χ1) is 8.84. The molecule has 0 bridgehead atoms. The van der Waals surface area contributed by atoms with Crippen molar-refractivity contribution < 1.29 is 9.13 Å². The molecule has 101 valence electrons. The van der Waals surface area contributed by atoms with Crippen LogP contribution in [0, 0.1) is 11.9 Å². The zero-order valence-corrected chi connectivity index (χ0v) is 11.4. The van der Waals surface area contributed by atoms with Gasteiger partial charge in [0.1, 0.15) is 0 Å². The van der Waals surface area contributed by atoms with Crippen molar-refractivity contribution in [2.24, 2.45) is 0 Å². The van der Waals surface area contributed by atoms with Gasteiger partial charge < -0.3 is 4.74 Å². The van der Waals surface area contributed by atoms with Gasteiger partial charge in [0.2, 0.25) is 0 Å². The lowest BCUT2D eigenvalue weighted by Gasteiger charge is -2.06. The second-order valence-electron chi connectivity index (χ2n) is 4.68. The van der Waals surface area contributed by atoms with E-state index in [0.717, 1.165) is 6.42 Å². The van der Waals surface area contributed by atoms with E-state index < -0.39 is 0 Å². The molecule has 0 N–H and O–H groups in total. The van der Waals surface area contributed by atoms with Gasteiger partial charge in [-0.3, -0.25) is 0 Å². The van der Waals surface area contributed by atoms with Crippen LogP contribution in [0.5, 0.6) is 5.75 Å². The molecule has 0 fully saturated rings. The summed E-state index contributed by atoms with van der Waals surface area (Å²) in [5, 5.41) is 0. The van der Waals surface area contributed by atoms with E-state index in [1.54, 1.807) is 12.1 Å². The molecule has 0 aliphatic rings. The van der Waals surface area contributed by atoms with E-state index in [1.165, 1.54) is 51.0 Å². The van der Waals surface area contributed by atoms with Gasteiger partial charge in [-0.1, -0.05) is 57.9 Å². The van der Waals surface area contributed by atoms with Gasteiger partial charge in [0.15, 0.2) is 11.6 Å². The van der Waals surface area contributed by atoms with E-state index in [4.69, 9.17) is 4.74 Å². The molecule has 0 amide bonds. The Kier molecular flexibility index (Phi) is 8.28. The van der Waals surface area contributed by atoms with Crippen molar-refractivity contribution in [1.29, 1.82) is 0 Å². The first-order valence-electron chi connectivity index (χ1n) is 7.13. The van der Waals surface area contributed by atoms with Crippen molar-refractivity contribution in [3.05, 3.63) is 30.1 Å². The van der Waals surface area contributed by atoms with Gasteiger partial charge >= 0.3 is 0 Å². The summed E-state index contributed by atoms with van der Waals surface area (Å²) >= 11 is 0. The van der Waals surface area contributed by atoms with Crippen LogP contribution >= 0.6 is 0 Å². The van der Waals surface area contributed by atoms with Gasteiger partial charge in [-0.15, -0.1) is 0 Å². The highest BCUT2D eigenvalue weighted by molar-refractivity contribution is 5.22. The van der Waals surface area contributed by atoms with E-state index in [2.05, 4.69) is 13.0 Å². The third-order valence-corrected chi connectivity index (χ3v) is 3.03. The number of hydrogen-bond acceptors (Lipinski definition) is 1. The predicted octanol–water partition coefficient (Wildman–Crippen LogP) is 5.15. The summed E-state index contributed by atoms with van der Waals surface area (Å²) in [6, 6.07) is 7.29. The lowest BCUT2D eigenvalue weighted by atomic mass is 10.1. The zero-order chi connectivity index (χ0) is 13.1. The fourth-order valence-electron chi connectivity index (χ4n) is 1.93. The smallest absolute Gasteiger partial charge is 0.165 e. The molecule has 0 saturated carbocycles. The first-order valence-corrected chi connectivity index (χ1v) is 7.13. The maximum atomic E-state index is 13.2. The third-order valence-electron chi connectivity index (χ3n) is 3.03. The Morgan fingerprint density at radius 3 is 2.39 bits per heavy atom. The Balaban J connectivity index is 1.94. The normalized spacial score (nSPS) is 10.6. The van der Waals surface area contributed by atoms with Crippen molar-refractivity contribution in [3.63, 3.8) is 0 Å². The molecule has 0 unspecified atom stereocenters. The topological polar surface area (TPSA) is 9.23 Å². The van der Waals surface area contributed by atoms with Crippen LogP contribution in [0.25, 0.3) is 0 Å². The van der Waals surface area contributed by atoms with E-state index in [-0.39, 0.29) is 5.82 Å². The number of hydrogen-bond donors (Lipinski definition) is 0. The summed E-state index contributed by atoms with van der Waals surface area (Å²) in [4.78, 5) is 0. The Labute approximate surface area is 110 Å². The highest BCUT2D eigenvalue weighted by atomic mass is 19.1. The lowest BCUT2D eigenvalue weighted by molar-refractivity contribution is 0.290. The fourth-order valence-corrected chi connectivity index (χ4v) is 1.93. The molecular weight excluding hydrogens is 227 g/mol. The maximum Gasteiger partial charge on any atom is 0.165 e. The minimum atomic E-state index is -0.322. The minimum absolute atomic E-state index is 0.322. The molecule has 1 nitrogen and oxygen atoms in total. The van der Waals surface area contributed by atoms with Crippen LogP contribution in [0.1, 0.15) is 58.3 Å².